The third-order valence-corrected chi connectivity index (χ3v) is 2.17. The Balaban J connectivity index is 2.74. The Morgan fingerprint density at radius 1 is 1.67 bits per heavy atom. The van der Waals surface area contributed by atoms with Crippen LogP contribution in [0.5, 0.6) is 0 Å². The third kappa shape index (κ3) is 1.79. The van der Waals surface area contributed by atoms with Gasteiger partial charge in [0.05, 0.1) is 0 Å². The number of hydrogen-bond donors (Lipinski definition) is 1. The van der Waals surface area contributed by atoms with Gasteiger partial charge in [-0.1, -0.05) is 0 Å². The van der Waals surface area contributed by atoms with Crippen molar-refractivity contribution in [3.63, 3.8) is 0 Å². The van der Waals surface area contributed by atoms with Gasteiger partial charge >= 0.3 is 0 Å². The lowest BCUT2D eigenvalue weighted by atomic mass is 10.3. The molecule has 0 amide bonds. The van der Waals surface area contributed by atoms with Gasteiger partial charge in [-0.2, -0.15) is 0 Å². The SMILES string of the molecule is CC1=CC(N)=CC(C)S1. The molecule has 2 heteroatoms. The highest BCUT2D eigenvalue weighted by atomic mass is 32.2. The lowest BCUT2D eigenvalue weighted by molar-refractivity contribution is 1.19. The maximum Gasteiger partial charge on any atom is 0.0292 e. The Bertz CT molecular complexity index is 170. The van der Waals surface area contributed by atoms with E-state index < -0.39 is 0 Å². The van der Waals surface area contributed by atoms with Crippen LogP contribution in [0.25, 0.3) is 0 Å². The van der Waals surface area contributed by atoms with Crippen LogP contribution in [0, 0.1) is 0 Å². The zero-order valence-electron chi connectivity index (χ0n) is 5.72. The van der Waals surface area contributed by atoms with Crippen LogP contribution in [0.1, 0.15) is 13.8 Å². The van der Waals surface area contributed by atoms with Crippen LogP contribution >= 0.6 is 11.8 Å². The molecule has 1 heterocycles. The Labute approximate surface area is 60.0 Å². The molecule has 9 heavy (non-hydrogen) atoms. The lowest BCUT2D eigenvalue weighted by Crippen LogP contribution is -2.04. The van der Waals surface area contributed by atoms with Crippen molar-refractivity contribution in [2.75, 3.05) is 0 Å². The molecule has 0 spiro atoms. The molecular weight excluding hydrogens is 130 g/mol. The van der Waals surface area contributed by atoms with E-state index in [1.807, 2.05) is 17.8 Å². The summed E-state index contributed by atoms with van der Waals surface area (Å²) in [6, 6.07) is 0. The number of hydrogen-bond acceptors (Lipinski definition) is 2. The van der Waals surface area contributed by atoms with Crippen LogP contribution in [-0.2, 0) is 0 Å². The van der Waals surface area contributed by atoms with Crippen LogP contribution in [0.4, 0.5) is 0 Å². The molecule has 1 nitrogen and oxygen atoms in total. The minimum Gasteiger partial charge on any atom is -0.399 e. The van der Waals surface area contributed by atoms with E-state index in [0.29, 0.717) is 5.25 Å². The smallest absolute Gasteiger partial charge is 0.0292 e. The maximum atomic E-state index is 5.59. The van der Waals surface area contributed by atoms with E-state index in [1.165, 1.54) is 4.91 Å². The zero-order chi connectivity index (χ0) is 6.85. The minimum atomic E-state index is 0.551. The largest absolute Gasteiger partial charge is 0.399 e. The van der Waals surface area contributed by atoms with Crippen molar-refractivity contribution >= 4 is 11.8 Å². The summed E-state index contributed by atoms with van der Waals surface area (Å²) in [6.45, 7) is 4.23. The van der Waals surface area contributed by atoms with Gasteiger partial charge in [0.15, 0.2) is 0 Å². The quantitative estimate of drug-likeness (QED) is 0.557. The van der Waals surface area contributed by atoms with Crippen LogP contribution in [0.2, 0.25) is 0 Å². The Morgan fingerprint density at radius 3 is 2.78 bits per heavy atom. The first-order chi connectivity index (χ1) is 4.18. The fraction of sp³-hybridized carbons (Fsp3) is 0.429. The summed E-state index contributed by atoms with van der Waals surface area (Å²) in [5.41, 5.74) is 6.49. The number of thioether (sulfide) groups is 1. The molecule has 0 aromatic heterocycles. The van der Waals surface area contributed by atoms with Crippen molar-refractivity contribution in [3.8, 4) is 0 Å². The molecule has 1 atom stereocenters. The van der Waals surface area contributed by atoms with Crippen molar-refractivity contribution in [1.29, 1.82) is 0 Å². The van der Waals surface area contributed by atoms with Gasteiger partial charge in [0, 0.05) is 10.9 Å². The maximum absolute atomic E-state index is 5.59. The first-order valence-electron chi connectivity index (χ1n) is 3.01. The molecular formula is C7H11NS. The van der Waals surface area contributed by atoms with Crippen LogP contribution < -0.4 is 5.73 Å². The van der Waals surface area contributed by atoms with E-state index in [1.54, 1.807) is 0 Å². The molecule has 1 rings (SSSR count). The summed E-state index contributed by atoms with van der Waals surface area (Å²) in [5.74, 6) is 0. The summed E-state index contributed by atoms with van der Waals surface area (Å²) < 4.78 is 0. The van der Waals surface area contributed by atoms with Crippen LogP contribution in [0.3, 0.4) is 0 Å². The molecule has 1 unspecified atom stereocenters. The molecule has 1 aliphatic rings. The zero-order valence-corrected chi connectivity index (χ0v) is 6.53. The second-order valence-electron chi connectivity index (χ2n) is 2.24. The molecule has 0 aromatic rings. The summed E-state index contributed by atoms with van der Waals surface area (Å²) >= 11 is 1.85. The van der Waals surface area contributed by atoms with Gasteiger partial charge < -0.3 is 5.73 Å². The van der Waals surface area contributed by atoms with Gasteiger partial charge in [0.2, 0.25) is 0 Å². The molecule has 50 valence electrons. The van der Waals surface area contributed by atoms with Gasteiger partial charge in [0.1, 0.15) is 0 Å². The van der Waals surface area contributed by atoms with Crippen molar-refractivity contribution in [1.82, 2.24) is 0 Å². The fourth-order valence-corrected chi connectivity index (χ4v) is 1.93. The lowest BCUT2D eigenvalue weighted by Gasteiger charge is -2.12. The molecule has 0 radical (unpaired) electrons. The summed E-state index contributed by atoms with van der Waals surface area (Å²) in [5, 5.41) is 0.551. The van der Waals surface area contributed by atoms with E-state index in [9.17, 15) is 0 Å². The molecule has 0 bridgehead atoms. The normalized spacial score (nSPS) is 27.1. The summed E-state index contributed by atoms with van der Waals surface area (Å²) in [4.78, 5) is 1.31. The summed E-state index contributed by atoms with van der Waals surface area (Å²) in [6.07, 6.45) is 4.07. The van der Waals surface area contributed by atoms with Gasteiger partial charge in [-0.05, 0) is 30.9 Å². The molecule has 0 saturated heterocycles. The molecule has 0 fully saturated rings. The van der Waals surface area contributed by atoms with Crippen LogP contribution in [-0.4, -0.2) is 5.25 Å². The van der Waals surface area contributed by atoms with Crippen molar-refractivity contribution in [2.45, 2.75) is 19.1 Å². The average molecular weight is 141 g/mol. The van der Waals surface area contributed by atoms with Crippen molar-refractivity contribution in [2.24, 2.45) is 5.73 Å². The molecule has 0 aromatic carbocycles. The minimum absolute atomic E-state index is 0.551. The standard InChI is InChI=1S/C7H11NS/c1-5-3-7(8)4-6(2)9-5/h3-5H,8H2,1-2H3. The second-order valence-corrected chi connectivity index (χ2v) is 3.87. The first-order valence-corrected chi connectivity index (χ1v) is 3.88. The Kier molecular flexibility index (Phi) is 1.86. The highest BCUT2D eigenvalue weighted by molar-refractivity contribution is 8.03. The molecule has 0 aliphatic carbocycles. The van der Waals surface area contributed by atoms with Crippen molar-refractivity contribution < 1.29 is 0 Å². The summed E-state index contributed by atoms with van der Waals surface area (Å²) in [7, 11) is 0. The van der Waals surface area contributed by atoms with E-state index >= 15 is 0 Å². The van der Waals surface area contributed by atoms with Gasteiger partial charge in [-0.15, -0.1) is 11.8 Å². The Morgan fingerprint density at radius 2 is 2.33 bits per heavy atom. The number of rotatable bonds is 0. The van der Waals surface area contributed by atoms with Crippen molar-refractivity contribution in [3.05, 3.63) is 22.8 Å². The van der Waals surface area contributed by atoms with E-state index in [4.69, 9.17) is 5.73 Å². The monoisotopic (exact) mass is 141 g/mol. The van der Waals surface area contributed by atoms with Gasteiger partial charge in [0.25, 0.3) is 0 Å². The van der Waals surface area contributed by atoms with Gasteiger partial charge in [-0.25, -0.2) is 0 Å². The van der Waals surface area contributed by atoms with E-state index in [0.717, 1.165) is 5.70 Å². The fourth-order valence-electron chi connectivity index (χ4n) is 0.915. The van der Waals surface area contributed by atoms with E-state index in [2.05, 4.69) is 19.9 Å². The van der Waals surface area contributed by atoms with Gasteiger partial charge in [-0.3, -0.25) is 0 Å². The Hall–Kier alpha value is -0.370. The molecule has 1 aliphatic heterocycles. The number of allylic oxidation sites excluding steroid dienone is 2. The predicted molar refractivity (Wildman–Crippen MR) is 43.1 cm³/mol. The molecule has 0 saturated carbocycles. The van der Waals surface area contributed by atoms with E-state index in [-0.39, 0.29) is 0 Å². The first kappa shape index (κ1) is 6.75. The van der Waals surface area contributed by atoms with Crippen LogP contribution in [0.15, 0.2) is 22.8 Å². The highest BCUT2D eigenvalue weighted by Gasteiger charge is 2.05. The molecule has 2 N–H and O–H groups in total. The predicted octanol–water partition coefficient (Wildman–Crippen LogP) is 1.87. The highest BCUT2D eigenvalue weighted by Crippen LogP contribution is 2.26. The number of nitrogens with two attached hydrogens (primary N) is 1. The topological polar surface area (TPSA) is 26.0 Å². The third-order valence-electron chi connectivity index (χ3n) is 1.17. The average Bonchev–Trinajstić information content (AvgIpc) is 1.59. The second kappa shape index (κ2) is 2.48.